The molecule has 86 valence electrons. The summed E-state index contributed by atoms with van der Waals surface area (Å²) in [7, 11) is 0. The topological polar surface area (TPSA) is 39.8 Å². The van der Waals surface area contributed by atoms with Gasteiger partial charge in [0.15, 0.2) is 0 Å². The second kappa shape index (κ2) is 5.93. The van der Waals surface area contributed by atoms with E-state index in [1.807, 2.05) is 6.20 Å². The Bertz CT molecular complexity index is 252. The summed E-state index contributed by atoms with van der Waals surface area (Å²) >= 11 is 0. The molecule has 0 aliphatic heterocycles. The number of hydrogen-bond donors (Lipinski definition) is 3. The van der Waals surface area contributed by atoms with Crippen LogP contribution in [-0.2, 0) is 5.41 Å². The lowest BCUT2D eigenvalue weighted by atomic mass is 9.86. The molecule has 1 aromatic rings. The number of rotatable bonds is 7. The maximum Gasteiger partial charge on any atom is 0.00770 e. The Hall–Kier alpha value is -0.800. The normalized spacial score (nSPS) is 11.9. The van der Waals surface area contributed by atoms with Gasteiger partial charge in [0.05, 0.1) is 0 Å². The zero-order chi connectivity index (χ0) is 11.1. The van der Waals surface area contributed by atoms with Gasteiger partial charge in [-0.2, -0.15) is 0 Å². The highest BCUT2D eigenvalue weighted by atomic mass is 14.9. The zero-order valence-corrected chi connectivity index (χ0v) is 10.1. The largest absolute Gasteiger partial charge is 0.367 e. The zero-order valence-electron chi connectivity index (χ0n) is 10.1. The van der Waals surface area contributed by atoms with Gasteiger partial charge in [-0.25, -0.2) is 0 Å². The molecular formula is C12H23N3. The van der Waals surface area contributed by atoms with Crippen molar-refractivity contribution in [1.82, 2.24) is 15.6 Å². The van der Waals surface area contributed by atoms with Crippen LogP contribution in [0.1, 0.15) is 26.3 Å². The van der Waals surface area contributed by atoms with Crippen LogP contribution in [0.5, 0.6) is 0 Å². The van der Waals surface area contributed by atoms with Crippen molar-refractivity contribution in [3.63, 3.8) is 0 Å². The van der Waals surface area contributed by atoms with E-state index in [1.54, 1.807) is 0 Å². The quantitative estimate of drug-likeness (QED) is 0.595. The van der Waals surface area contributed by atoms with Crippen molar-refractivity contribution in [1.29, 1.82) is 0 Å². The van der Waals surface area contributed by atoms with Gasteiger partial charge in [-0.15, -0.1) is 0 Å². The molecule has 0 aliphatic carbocycles. The summed E-state index contributed by atoms with van der Waals surface area (Å²) in [5.41, 5.74) is 1.56. The first-order chi connectivity index (χ1) is 7.17. The molecule has 0 aromatic carbocycles. The van der Waals surface area contributed by atoms with Crippen LogP contribution in [0.4, 0.5) is 0 Å². The van der Waals surface area contributed by atoms with Crippen molar-refractivity contribution >= 4 is 0 Å². The summed E-state index contributed by atoms with van der Waals surface area (Å²) in [5, 5.41) is 6.77. The molecule has 0 saturated carbocycles. The summed E-state index contributed by atoms with van der Waals surface area (Å²) in [6.45, 7) is 10.8. The molecule has 3 N–H and O–H groups in total. The maximum atomic E-state index is 3.47. The van der Waals surface area contributed by atoms with Gasteiger partial charge in [-0.1, -0.05) is 20.8 Å². The van der Waals surface area contributed by atoms with Crippen LogP contribution in [0, 0.1) is 0 Å². The number of nitrogens with one attached hydrogen (secondary N) is 3. The molecule has 1 aromatic heterocycles. The third-order valence-electron chi connectivity index (χ3n) is 2.67. The van der Waals surface area contributed by atoms with E-state index >= 15 is 0 Å². The molecule has 1 rings (SSSR count). The molecule has 0 saturated heterocycles. The summed E-state index contributed by atoms with van der Waals surface area (Å²) in [5.74, 6) is 0. The lowest BCUT2D eigenvalue weighted by molar-refractivity contribution is 0.466. The van der Waals surface area contributed by atoms with E-state index in [0.29, 0.717) is 0 Å². The lowest BCUT2D eigenvalue weighted by Gasteiger charge is -2.24. The molecule has 0 atom stereocenters. The molecule has 0 unspecified atom stereocenters. The van der Waals surface area contributed by atoms with Crippen LogP contribution >= 0.6 is 0 Å². The fourth-order valence-corrected chi connectivity index (χ4v) is 1.60. The molecule has 0 radical (unpaired) electrons. The van der Waals surface area contributed by atoms with Crippen molar-refractivity contribution in [2.45, 2.75) is 26.2 Å². The average Bonchev–Trinajstić information content (AvgIpc) is 2.70. The van der Waals surface area contributed by atoms with E-state index in [-0.39, 0.29) is 5.41 Å². The molecule has 15 heavy (non-hydrogen) atoms. The molecular weight excluding hydrogens is 186 g/mol. The van der Waals surface area contributed by atoms with Crippen LogP contribution in [0.2, 0.25) is 0 Å². The molecule has 3 nitrogen and oxygen atoms in total. The minimum absolute atomic E-state index is 0.201. The first-order valence-corrected chi connectivity index (χ1v) is 5.71. The smallest absolute Gasteiger partial charge is 0.00770 e. The fraction of sp³-hybridized carbons (Fsp3) is 0.667. The van der Waals surface area contributed by atoms with Gasteiger partial charge in [0.25, 0.3) is 0 Å². The Kier molecular flexibility index (Phi) is 4.85. The number of H-pyrrole nitrogens is 1. The van der Waals surface area contributed by atoms with Gasteiger partial charge in [-0.05, 0) is 18.2 Å². The van der Waals surface area contributed by atoms with Gasteiger partial charge in [0.2, 0.25) is 0 Å². The van der Waals surface area contributed by atoms with Gasteiger partial charge >= 0.3 is 0 Å². The Morgan fingerprint density at radius 2 is 2.00 bits per heavy atom. The van der Waals surface area contributed by atoms with Crippen molar-refractivity contribution in [2.24, 2.45) is 0 Å². The SMILES string of the molecule is CCNCCNCC(C)(C)c1cc[nH]c1. The summed E-state index contributed by atoms with van der Waals surface area (Å²) in [6.07, 6.45) is 4.06. The van der Waals surface area contributed by atoms with Gasteiger partial charge < -0.3 is 15.6 Å². The highest BCUT2D eigenvalue weighted by Gasteiger charge is 2.19. The first kappa shape index (κ1) is 12.3. The van der Waals surface area contributed by atoms with Gasteiger partial charge in [0, 0.05) is 37.4 Å². The first-order valence-electron chi connectivity index (χ1n) is 5.71. The van der Waals surface area contributed by atoms with E-state index < -0.39 is 0 Å². The Morgan fingerprint density at radius 1 is 1.27 bits per heavy atom. The standard InChI is InChI=1S/C12H23N3/c1-4-13-7-8-15-10-12(2,3)11-5-6-14-9-11/h5-6,9,13-15H,4,7-8,10H2,1-3H3. The number of aromatic nitrogens is 1. The number of hydrogen-bond acceptors (Lipinski definition) is 2. The fourth-order valence-electron chi connectivity index (χ4n) is 1.60. The summed E-state index contributed by atoms with van der Waals surface area (Å²) in [4.78, 5) is 3.11. The van der Waals surface area contributed by atoms with E-state index in [1.165, 1.54) is 5.56 Å². The minimum Gasteiger partial charge on any atom is -0.367 e. The molecule has 0 spiro atoms. The highest BCUT2D eigenvalue weighted by molar-refractivity contribution is 5.20. The molecule has 0 aliphatic rings. The summed E-state index contributed by atoms with van der Waals surface area (Å²) in [6, 6.07) is 2.14. The van der Waals surface area contributed by atoms with Crippen LogP contribution in [0.3, 0.4) is 0 Å². The predicted octanol–water partition coefficient (Wildman–Crippen LogP) is 1.49. The molecule has 1 heterocycles. The van der Waals surface area contributed by atoms with Gasteiger partial charge in [0.1, 0.15) is 0 Å². The second-order valence-corrected chi connectivity index (χ2v) is 4.51. The van der Waals surface area contributed by atoms with E-state index in [4.69, 9.17) is 0 Å². The second-order valence-electron chi connectivity index (χ2n) is 4.51. The maximum absolute atomic E-state index is 3.47. The Labute approximate surface area is 92.7 Å². The van der Waals surface area contributed by atoms with Crippen molar-refractivity contribution in [3.05, 3.63) is 24.0 Å². The van der Waals surface area contributed by atoms with Crippen LogP contribution in [-0.4, -0.2) is 31.2 Å². The molecule has 0 fully saturated rings. The average molecular weight is 209 g/mol. The molecule has 0 bridgehead atoms. The van der Waals surface area contributed by atoms with Crippen LogP contribution in [0.25, 0.3) is 0 Å². The third kappa shape index (κ3) is 4.06. The monoisotopic (exact) mass is 209 g/mol. The van der Waals surface area contributed by atoms with Crippen LogP contribution in [0.15, 0.2) is 18.5 Å². The van der Waals surface area contributed by atoms with E-state index in [9.17, 15) is 0 Å². The Balaban J connectivity index is 2.25. The van der Waals surface area contributed by atoms with Crippen molar-refractivity contribution in [3.8, 4) is 0 Å². The van der Waals surface area contributed by atoms with Crippen molar-refractivity contribution in [2.75, 3.05) is 26.2 Å². The predicted molar refractivity (Wildman–Crippen MR) is 65.2 cm³/mol. The van der Waals surface area contributed by atoms with Gasteiger partial charge in [-0.3, -0.25) is 0 Å². The highest BCUT2D eigenvalue weighted by Crippen LogP contribution is 2.21. The molecule has 3 heteroatoms. The minimum atomic E-state index is 0.201. The van der Waals surface area contributed by atoms with Crippen LogP contribution < -0.4 is 10.6 Å². The Morgan fingerprint density at radius 3 is 2.60 bits per heavy atom. The third-order valence-corrected chi connectivity index (χ3v) is 2.67. The van der Waals surface area contributed by atoms with E-state index in [0.717, 1.165) is 26.2 Å². The van der Waals surface area contributed by atoms with Crippen molar-refractivity contribution < 1.29 is 0 Å². The number of likely N-dealkylation sites (N-methyl/N-ethyl adjacent to an activating group) is 1. The molecule has 0 amide bonds. The number of aromatic amines is 1. The van der Waals surface area contributed by atoms with E-state index in [2.05, 4.69) is 48.7 Å². The lowest BCUT2D eigenvalue weighted by Crippen LogP contribution is -2.36. The summed E-state index contributed by atoms with van der Waals surface area (Å²) < 4.78 is 0.